The Kier molecular flexibility index (Phi) is 6.23. The molecule has 0 amide bonds. The Morgan fingerprint density at radius 3 is 2.95 bits per heavy atom. The van der Waals surface area contributed by atoms with Crippen molar-refractivity contribution in [1.82, 2.24) is 15.1 Å². The van der Waals surface area contributed by atoms with Gasteiger partial charge in [-0.15, -0.1) is 0 Å². The third-order valence-electron chi connectivity index (χ3n) is 3.20. The lowest BCUT2D eigenvalue weighted by Crippen LogP contribution is -2.26. The highest BCUT2D eigenvalue weighted by atomic mass is 79.9. The quantitative estimate of drug-likeness (QED) is 0.806. The number of aromatic nitrogens is 2. The summed E-state index contributed by atoms with van der Waals surface area (Å²) in [6.07, 6.45) is 1.69. The fourth-order valence-electron chi connectivity index (χ4n) is 2.28. The minimum atomic E-state index is -0.000596. The summed E-state index contributed by atoms with van der Waals surface area (Å²) >= 11 is 9.89. The molecule has 6 heteroatoms. The molecule has 1 unspecified atom stereocenters. The molecule has 4 nitrogen and oxygen atoms in total. The van der Waals surface area contributed by atoms with Crippen LogP contribution in [-0.2, 0) is 11.3 Å². The summed E-state index contributed by atoms with van der Waals surface area (Å²) in [6, 6.07) is 8.21. The van der Waals surface area contributed by atoms with Crippen LogP contribution in [0.1, 0.15) is 24.2 Å². The number of benzene rings is 1. The van der Waals surface area contributed by atoms with Crippen molar-refractivity contribution in [3.05, 3.63) is 51.2 Å². The van der Waals surface area contributed by atoms with E-state index < -0.39 is 0 Å². The van der Waals surface area contributed by atoms with E-state index in [4.69, 9.17) is 16.3 Å². The first-order valence-electron chi connectivity index (χ1n) is 6.86. The van der Waals surface area contributed by atoms with Gasteiger partial charge in [0.1, 0.15) is 0 Å². The minimum absolute atomic E-state index is 0.000596. The van der Waals surface area contributed by atoms with Gasteiger partial charge in [-0.05, 0) is 24.2 Å². The van der Waals surface area contributed by atoms with Crippen LogP contribution in [0.3, 0.4) is 0 Å². The molecule has 1 N–H and O–H groups in total. The number of hydrogen-bond donors (Lipinski definition) is 1. The molecule has 2 aromatic rings. The lowest BCUT2D eigenvalue weighted by molar-refractivity contribution is 0.182. The van der Waals surface area contributed by atoms with E-state index in [-0.39, 0.29) is 6.04 Å². The lowest BCUT2D eigenvalue weighted by atomic mass is 10.0. The van der Waals surface area contributed by atoms with Crippen molar-refractivity contribution >= 4 is 27.5 Å². The molecule has 0 aliphatic heterocycles. The number of halogens is 2. The largest absolute Gasteiger partial charge is 0.383 e. The van der Waals surface area contributed by atoms with Gasteiger partial charge in [0.05, 0.1) is 36.1 Å². The van der Waals surface area contributed by atoms with E-state index >= 15 is 0 Å². The Labute approximate surface area is 138 Å². The van der Waals surface area contributed by atoms with Crippen LogP contribution in [0.2, 0.25) is 5.02 Å². The fraction of sp³-hybridized carbons (Fsp3) is 0.400. The number of ether oxygens (including phenoxy) is 1. The average Bonchev–Trinajstić information content (AvgIpc) is 2.83. The SMILES string of the molecule is CCNC(c1cccc(Br)c1)c1c(Cl)cnn1CCOC. The Morgan fingerprint density at radius 2 is 2.29 bits per heavy atom. The Hall–Kier alpha value is -0.880. The highest BCUT2D eigenvalue weighted by Crippen LogP contribution is 2.29. The third-order valence-corrected chi connectivity index (χ3v) is 3.99. The van der Waals surface area contributed by atoms with E-state index in [0.29, 0.717) is 18.2 Å². The van der Waals surface area contributed by atoms with Crippen molar-refractivity contribution < 1.29 is 4.74 Å². The number of rotatable bonds is 7. The Balaban J connectivity index is 2.40. The molecule has 0 aliphatic rings. The van der Waals surface area contributed by atoms with E-state index in [2.05, 4.69) is 45.4 Å². The first kappa shape index (κ1) is 16.5. The predicted molar refractivity (Wildman–Crippen MR) is 88.8 cm³/mol. The standard InChI is InChI=1S/C15H19BrClN3O/c1-3-18-14(11-5-4-6-12(16)9-11)15-13(17)10-19-20(15)7-8-21-2/h4-6,9-10,14,18H,3,7-8H2,1-2H3. The van der Waals surface area contributed by atoms with E-state index in [1.807, 2.05) is 16.8 Å². The smallest absolute Gasteiger partial charge is 0.0837 e. The van der Waals surface area contributed by atoms with Gasteiger partial charge in [-0.2, -0.15) is 5.10 Å². The van der Waals surface area contributed by atoms with Crippen LogP contribution in [-0.4, -0.2) is 30.0 Å². The minimum Gasteiger partial charge on any atom is -0.383 e. The van der Waals surface area contributed by atoms with Crippen LogP contribution < -0.4 is 5.32 Å². The molecule has 0 saturated heterocycles. The maximum atomic E-state index is 6.37. The number of hydrogen-bond acceptors (Lipinski definition) is 3. The molecule has 0 saturated carbocycles. The molecule has 1 aromatic heterocycles. The fourth-order valence-corrected chi connectivity index (χ4v) is 2.94. The van der Waals surface area contributed by atoms with Gasteiger partial charge in [0.25, 0.3) is 0 Å². The Morgan fingerprint density at radius 1 is 1.48 bits per heavy atom. The van der Waals surface area contributed by atoms with Gasteiger partial charge in [0.2, 0.25) is 0 Å². The average molecular weight is 373 g/mol. The number of nitrogens with zero attached hydrogens (tertiary/aromatic N) is 2. The zero-order chi connectivity index (χ0) is 15.2. The molecular weight excluding hydrogens is 354 g/mol. The second-order valence-electron chi connectivity index (χ2n) is 4.64. The predicted octanol–water partition coefficient (Wildman–Crippen LogP) is 3.64. The maximum Gasteiger partial charge on any atom is 0.0837 e. The Bertz CT molecular complexity index is 588. The lowest BCUT2D eigenvalue weighted by Gasteiger charge is -2.21. The topological polar surface area (TPSA) is 39.1 Å². The second-order valence-corrected chi connectivity index (χ2v) is 5.96. The van der Waals surface area contributed by atoms with Gasteiger partial charge in [-0.1, -0.05) is 46.6 Å². The molecule has 1 aromatic carbocycles. The van der Waals surface area contributed by atoms with E-state index in [9.17, 15) is 0 Å². The van der Waals surface area contributed by atoms with Crippen LogP contribution in [0.15, 0.2) is 34.9 Å². The zero-order valence-electron chi connectivity index (χ0n) is 12.1. The van der Waals surface area contributed by atoms with Crippen LogP contribution in [0.25, 0.3) is 0 Å². The molecular formula is C15H19BrClN3O. The molecule has 0 radical (unpaired) electrons. The van der Waals surface area contributed by atoms with Gasteiger partial charge in [0, 0.05) is 11.6 Å². The van der Waals surface area contributed by atoms with Gasteiger partial charge in [0.15, 0.2) is 0 Å². The molecule has 21 heavy (non-hydrogen) atoms. The molecule has 114 valence electrons. The van der Waals surface area contributed by atoms with Crippen molar-refractivity contribution in [2.45, 2.75) is 19.5 Å². The van der Waals surface area contributed by atoms with Crippen LogP contribution in [0.5, 0.6) is 0 Å². The summed E-state index contributed by atoms with van der Waals surface area (Å²) in [4.78, 5) is 0. The summed E-state index contributed by atoms with van der Waals surface area (Å²) in [7, 11) is 1.68. The van der Waals surface area contributed by atoms with Gasteiger partial charge >= 0.3 is 0 Å². The van der Waals surface area contributed by atoms with Crippen LogP contribution in [0, 0.1) is 0 Å². The summed E-state index contributed by atoms with van der Waals surface area (Å²) < 4.78 is 8.09. The summed E-state index contributed by atoms with van der Waals surface area (Å²) in [6.45, 7) is 4.19. The molecule has 0 spiro atoms. The van der Waals surface area contributed by atoms with E-state index in [1.54, 1.807) is 13.3 Å². The summed E-state index contributed by atoms with van der Waals surface area (Å²) in [5.74, 6) is 0. The summed E-state index contributed by atoms with van der Waals surface area (Å²) in [5, 5.41) is 8.50. The number of nitrogens with one attached hydrogen (secondary N) is 1. The molecule has 1 heterocycles. The highest BCUT2D eigenvalue weighted by Gasteiger charge is 2.21. The van der Waals surface area contributed by atoms with Crippen molar-refractivity contribution in [3.8, 4) is 0 Å². The molecule has 0 aliphatic carbocycles. The first-order valence-corrected chi connectivity index (χ1v) is 8.03. The van der Waals surface area contributed by atoms with Crippen molar-refractivity contribution in [2.24, 2.45) is 0 Å². The number of methoxy groups -OCH3 is 1. The molecule has 0 bridgehead atoms. The van der Waals surface area contributed by atoms with Gasteiger partial charge in [-0.3, -0.25) is 4.68 Å². The first-order chi connectivity index (χ1) is 10.2. The van der Waals surface area contributed by atoms with E-state index in [1.165, 1.54) is 0 Å². The van der Waals surface area contributed by atoms with Crippen molar-refractivity contribution in [3.63, 3.8) is 0 Å². The molecule has 0 fully saturated rings. The molecule has 2 rings (SSSR count). The van der Waals surface area contributed by atoms with Crippen LogP contribution in [0.4, 0.5) is 0 Å². The van der Waals surface area contributed by atoms with E-state index in [0.717, 1.165) is 22.3 Å². The van der Waals surface area contributed by atoms with Crippen molar-refractivity contribution in [1.29, 1.82) is 0 Å². The normalized spacial score (nSPS) is 12.6. The highest BCUT2D eigenvalue weighted by molar-refractivity contribution is 9.10. The zero-order valence-corrected chi connectivity index (χ0v) is 14.5. The van der Waals surface area contributed by atoms with Gasteiger partial charge in [-0.25, -0.2) is 0 Å². The second kappa shape index (κ2) is 7.94. The van der Waals surface area contributed by atoms with Gasteiger partial charge < -0.3 is 10.1 Å². The summed E-state index contributed by atoms with van der Waals surface area (Å²) in [5.41, 5.74) is 2.11. The monoisotopic (exact) mass is 371 g/mol. The molecule has 1 atom stereocenters. The van der Waals surface area contributed by atoms with Crippen molar-refractivity contribution in [2.75, 3.05) is 20.3 Å². The van der Waals surface area contributed by atoms with Crippen LogP contribution >= 0.6 is 27.5 Å². The maximum absolute atomic E-state index is 6.37. The third kappa shape index (κ3) is 4.07.